The summed E-state index contributed by atoms with van der Waals surface area (Å²) in [5.41, 5.74) is 3.18. The van der Waals surface area contributed by atoms with Crippen LogP contribution in [0.2, 0.25) is 5.02 Å². The van der Waals surface area contributed by atoms with Crippen molar-refractivity contribution < 1.29 is 4.74 Å². The molecule has 1 atom stereocenters. The molecule has 0 bridgehead atoms. The molecule has 0 radical (unpaired) electrons. The number of aryl methyl sites for hydroxylation is 1. The van der Waals surface area contributed by atoms with Crippen molar-refractivity contribution in [3.05, 3.63) is 57.0 Å². The molecule has 2 aromatic rings. The van der Waals surface area contributed by atoms with E-state index < -0.39 is 0 Å². The molecule has 1 unspecified atom stereocenters. The molecule has 2 nitrogen and oxygen atoms in total. The van der Waals surface area contributed by atoms with Crippen molar-refractivity contribution in [3.63, 3.8) is 0 Å². The van der Waals surface area contributed by atoms with Gasteiger partial charge in [-0.2, -0.15) is 0 Å². The van der Waals surface area contributed by atoms with Gasteiger partial charge >= 0.3 is 0 Å². The van der Waals surface area contributed by atoms with Gasteiger partial charge in [0, 0.05) is 10.0 Å². The highest BCUT2D eigenvalue weighted by atomic mass is 79.9. The maximum absolute atomic E-state index is 6.21. The monoisotopic (exact) mass is 353 g/mol. The predicted molar refractivity (Wildman–Crippen MR) is 88.9 cm³/mol. The fourth-order valence-corrected chi connectivity index (χ4v) is 2.63. The predicted octanol–water partition coefficient (Wildman–Crippen LogP) is 5.59. The van der Waals surface area contributed by atoms with Crippen LogP contribution in [0.4, 0.5) is 5.69 Å². The number of hydrogen-bond acceptors (Lipinski definition) is 2. The van der Waals surface area contributed by atoms with E-state index in [9.17, 15) is 0 Å². The smallest absolute Gasteiger partial charge is 0.124 e. The van der Waals surface area contributed by atoms with E-state index in [4.69, 9.17) is 16.3 Å². The van der Waals surface area contributed by atoms with Crippen molar-refractivity contribution in [3.8, 4) is 5.75 Å². The second-order valence-corrected chi connectivity index (χ2v) is 6.06. The highest BCUT2D eigenvalue weighted by Gasteiger charge is 2.13. The summed E-state index contributed by atoms with van der Waals surface area (Å²) >= 11 is 9.67. The van der Waals surface area contributed by atoms with E-state index in [-0.39, 0.29) is 6.04 Å². The van der Waals surface area contributed by atoms with Crippen LogP contribution in [0.5, 0.6) is 5.75 Å². The van der Waals surface area contributed by atoms with Crippen molar-refractivity contribution >= 4 is 33.2 Å². The fraction of sp³-hybridized carbons (Fsp3) is 0.250. The maximum atomic E-state index is 6.21. The Morgan fingerprint density at radius 2 is 1.95 bits per heavy atom. The summed E-state index contributed by atoms with van der Waals surface area (Å²) in [6.07, 6.45) is 0. The molecule has 20 heavy (non-hydrogen) atoms. The zero-order valence-corrected chi connectivity index (χ0v) is 14.0. The molecule has 1 N–H and O–H groups in total. The lowest BCUT2D eigenvalue weighted by atomic mass is 10.0. The first kappa shape index (κ1) is 15.2. The second-order valence-electron chi connectivity index (χ2n) is 4.74. The first-order valence-electron chi connectivity index (χ1n) is 6.37. The molecule has 0 amide bonds. The van der Waals surface area contributed by atoms with Gasteiger partial charge < -0.3 is 10.1 Å². The van der Waals surface area contributed by atoms with Crippen LogP contribution < -0.4 is 10.1 Å². The quantitative estimate of drug-likeness (QED) is 0.772. The fourth-order valence-electron chi connectivity index (χ4n) is 2.10. The summed E-state index contributed by atoms with van der Waals surface area (Å²) in [7, 11) is 1.69. The van der Waals surface area contributed by atoms with Crippen molar-refractivity contribution in [2.75, 3.05) is 12.4 Å². The number of benzene rings is 2. The van der Waals surface area contributed by atoms with Gasteiger partial charge in [0.1, 0.15) is 5.75 Å². The van der Waals surface area contributed by atoms with E-state index >= 15 is 0 Å². The van der Waals surface area contributed by atoms with E-state index in [1.165, 1.54) is 5.56 Å². The van der Waals surface area contributed by atoms with Gasteiger partial charge in [-0.05, 0) is 43.7 Å². The number of nitrogens with one attached hydrogen (secondary N) is 1. The largest absolute Gasteiger partial charge is 0.496 e. The van der Waals surface area contributed by atoms with Crippen molar-refractivity contribution in [1.82, 2.24) is 0 Å². The molecule has 0 fully saturated rings. The number of halogens is 2. The number of anilines is 1. The highest BCUT2D eigenvalue weighted by molar-refractivity contribution is 9.10. The average molecular weight is 355 g/mol. The molecular weight excluding hydrogens is 338 g/mol. The number of methoxy groups -OCH3 is 1. The van der Waals surface area contributed by atoms with Crippen LogP contribution in [-0.4, -0.2) is 7.11 Å². The van der Waals surface area contributed by atoms with Gasteiger partial charge in [0.2, 0.25) is 0 Å². The van der Waals surface area contributed by atoms with Gasteiger partial charge in [0.05, 0.1) is 23.9 Å². The van der Waals surface area contributed by atoms with E-state index in [2.05, 4.69) is 47.2 Å². The summed E-state index contributed by atoms with van der Waals surface area (Å²) in [6, 6.07) is 12.1. The number of rotatable bonds is 4. The van der Waals surface area contributed by atoms with E-state index in [0.717, 1.165) is 21.5 Å². The maximum Gasteiger partial charge on any atom is 0.124 e. The van der Waals surface area contributed by atoms with Crippen LogP contribution in [0.15, 0.2) is 40.9 Å². The third kappa shape index (κ3) is 3.47. The molecule has 0 heterocycles. The van der Waals surface area contributed by atoms with E-state index in [0.29, 0.717) is 5.02 Å². The Balaban J connectivity index is 2.28. The Morgan fingerprint density at radius 3 is 2.65 bits per heavy atom. The molecule has 2 aromatic carbocycles. The lowest BCUT2D eigenvalue weighted by Crippen LogP contribution is -2.08. The Hall–Kier alpha value is -1.19. The van der Waals surface area contributed by atoms with Gasteiger partial charge in [-0.15, -0.1) is 0 Å². The minimum Gasteiger partial charge on any atom is -0.496 e. The molecule has 106 valence electrons. The zero-order chi connectivity index (χ0) is 14.7. The molecule has 0 spiro atoms. The first-order valence-corrected chi connectivity index (χ1v) is 7.54. The molecule has 0 aliphatic heterocycles. The molecule has 0 saturated carbocycles. The lowest BCUT2D eigenvalue weighted by molar-refractivity contribution is 0.407. The first-order chi connectivity index (χ1) is 9.51. The molecule has 0 aliphatic carbocycles. The van der Waals surface area contributed by atoms with Crippen molar-refractivity contribution in [2.45, 2.75) is 19.9 Å². The number of ether oxygens (including phenoxy) is 1. The van der Waals surface area contributed by atoms with Crippen molar-refractivity contribution in [2.24, 2.45) is 0 Å². The van der Waals surface area contributed by atoms with Crippen LogP contribution >= 0.6 is 27.5 Å². The molecule has 0 saturated heterocycles. The standard InChI is InChI=1S/C16H17BrClNO/c1-10-4-6-13(16(8-10)20-3)11(2)19-15-9-12(17)5-7-14(15)18/h4-9,11,19H,1-3H3. The Morgan fingerprint density at radius 1 is 1.20 bits per heavy atom. The van der Waals surface area contributed by atoms with E-state index in [1.54, 1.807) is 7.11 Å². The summed E-state index contributed by atoms with van der Waals surface area (Å²) in [6.45, 7) is 4.14. The van der Waals surface area contributed by atoms with Crippen LogP contribution in [0.25, 0.3) is 0 Å². The summed E-state index contributed by atoms with van der Waals surface area (Å²) in [5, 5.41) is 4.12. The van der Waals surface area contributed by atoms with Gasteiger partial charge in [-0.3, -0.25) is 0 Å². The van der Waals surface area contributed by atoms with Gasteiger partial charge in [0.25, 0.3) is 0 Å². The summed E-state index contributed by atoms with van der Waals surface area (Å²) in [4.78, 5) is 0. The minimum absolute atomic E-state index is 0.0948. The topological polar surface area (TPSA) is 21.3 Å². The second kappa shape index (κ2) is 6.51. The van der Waals surface area contributed by atoms with Gasteiger partial charge in [-0.1, -0.05) is 39.7 Å². The Bertz CT molecular complexity index is 615. The molecular formula is C16H17BrClNO. The van der Waals surface area contributed by atoms with Gasteiger partial charge in [-0.25, -0.2) is 0 Å². The van der Waals surface area contributed by atoms with Crippen LogP contribution in [0, 0.1) is 6.92 Å². The molecule has 0 aromatic heterocycles. The highest BCUT2D eigenvalue weighted by Crippen LogP contribution is 2.32. The van der Waals surface area contributed by atoms with Gasteiger partial charge in [0.15, 0.2) is 0 Å². The third-order valence-corrected chi connectivity index (χ3v) is 3.98. The Kier molecular flexibility index (Phi) is 4.95. The third-order valence-electron chi connectivity index (χ3n) is 3.16. The van der Waals surface area contributed by atoms with Crippen LogP contribution in [0.1, 0.15) is 24.1 Å². The minimum atomic E-state index is 0.0948. The molecule has 0 aliphatic rings. The summed E-state index contributed by atoms with van der Waals surface area (Å²) < 4.78 is 6.45. The lowest BCUT2D eigenvalue weighted by Gasteiger charge is -2.19. The normalized spacial score (nSPS) is 12.1. The van der Waals surface area contributed by atoms with Crippen LogP contribution in [-0.2, 0) is 0 Å². The Labute approximate surface area is 133 Å². The molecule has 4 heteroatoms. The average Bonchev–Trinajstić information content (AvgIpc) is 2.42. The molecule has 2 rings (SSSR count). The summed E-state index contributed by atoms with van der Waals surface area (Å²) in [5.74, 6) is 0.885. The number of hydrogen-bond donors (Lipinski definition) is 1. The van der Waals surface area contributed by atoms with Crippen molar-refractivity contribution in [1.29, 1.82) is 0 Å². The van der Waals surface area contributed by atoms with Crippen LogP contribution in [0.3, 0.4) is 0 Å². The SMILES string of the molecule is COc1cc(C)ccc1C(C)Nc1cc(Br)ccc1Cl. The zero-order valence-electron chi connectivity index (χ0n) is 11.7. The van der Waals surface area contributed by atoms with E-state index in [1.807, 2.05) is 24.3 Å².